The topological polar surface area (TPSA) is 29.3 Å². The summed E-state index contributed by atoms with van der Waals surface area (Å²) in [7, 11) is 2.16. The molecular weight excluding hydrogens is 240 g/mol. The highest BCUT2D eigenvalue weighted by Gasteiger charge is 2.12. The van der Waals surface area contributed by atoms with E-state index in [9.17, 15) is 0 Å². The van der Waals surface area contributed by atoms with Crippen molar-refractivity contribution in [3.8, 4) is 0 Å². The number of benzene rings is 1. The van der Waals surface area contributed by atoms with Crippen LogP contribution in [0.4, 0.5) is 0 Å². The number of nitrogens with two attached hydrogens (primary N) is 1. The monoisotopic (exact) mass is 262 g/mol. The van der Waals surface area contributed by atoms with Crippen molar-refractivity contribution < 1.29 is 0 Å². The van der Waals surface area contributed by atoms with Crippen molar-refractivity contribution in [2.75, 3.05) is 13.6 Å². The molecule has 18 heavy (non-hydrogen) atoms. The van der Waals surface area contributed by atoms with Crippen LogP contribution in [0.5, 0.6) is 0 Å². The van der Waals surface area contributed by atoms with Crippen molar-refractivity contribution in [1.29, 1.82) is 0 Å². The van der Waals surface area contributed by atoms with Gasteiger partial charge in [0.15, 0.2) is 0 Å². The zero-order valence-electron chi connectivity index (χ0n) is 11.4. The van der Waals surface area contributed by atoms with Crippen molar-refractivity contribution in [3.05, 3.63) is 35.2 Å². The normalized spacial score (nSPS) is 12.5. The molecule has 0 unspecified atom stereocenters. The van der Waals surface area contributed by atoms with E-state index in [0.29, 0.717) is 0 Å². The molecule has 0 bridgehead atoms. The second-order valence-electron chi connectivity index (χ2n) is 5.73. The third-order valence-corrected chi connectivity index (χ3v) is 4.15. The van der Waals surface area contributed by atoms with Crippen molar-refractivity contribution in [2.45, 2.75) is 32.4 Å². The van der Waals surface area contributed by atoms with Gasteiger partial charge in [-0.05, 0) is 56.3 Å². The number of nitrogens with zero attached hydrogens (tertiary/aromatic N) is 1. The predicted octanol–water partition coefficient (Wildman–Crippen LogP) is 3.46. The number of thiophene rings is 1. The van der Waals surface area contributed by atoms with Crippen LogP contribution >= 0.6 is 11.3 Å². The Labute approximate surface area is 113 Å². The maximum Gasteiger partial charge on any atom is 0.0346 e. The lowest BCUT2D eigenvalue weighted by Gasteiger charge is -2.23. The van der Waals surface area contributed by atoms with Crippen LogP contribution in [-0.2, 0) is 6.54 Å². The average Bonchev–Trinajstić information content (AvgIpc) is 2.70. The Hall–Kier alpha value is -0.900. The predicted molar refractivity (Wildman–Crippen MR) is 81.0 cm³/mol. The third-order valence-electron chi connectivity index (χ3n) is 3.14. The summed E-state index contributed by atoms with van der Waals surface area (Å²) in [6.07, 6.45) is 1.02. The first-order chi connectivity index (χ1) is 8.46. The lowest BCUT2D eigenvalue weighted by Crippen LogP contribution is -2.36. The van der Waals surface area contributed by atoms with Crippen molar-refractivity contribution in [1.82, 2.24) is 4.90 Å². The highest BCUT2D eigenvalue weighted by atomic mass is 32.1. The first-order valence-electron chi connectivity index (χ1n) is 6.38. The van der Waals surface area contributed by atoms with Crippen LogP contribution in [0.1, 0.15) is 25.8 Å². The van der Waals surface area contributed by atoms with E-state index >= 15 is 0 Å². The molecule has 1 aromatic heterocycles. The van der Waals surface area contributed by atoms with Gasteiger partial charge in [0.05, 0.1) is 0 Å². The second kappa shape index (κ2) is 5.39. The van der Waals surface area contributed by atoms with E-state index in [4.69, 9.17) is 5.73 Å². The summed E-state index contributed by atoms with van der Waals surface area (Å²) in [5.41, 5.74) is 7.37. The Kier molecular flexibility index (Phi) is 4.05. The molecule has 98 valence electrons. The first-order valence-corrected chi connectivity index (χ1v) is 7.26. The molecule has 3 heteroatoms. The van der Waals surface area contributed by atoms with Gasteiger partial charge in [-0.2, -0.15) is 0 Å². The van der Waals surface area contributed by atoms with Crippen LogP contribution in [0.2, 0.25) is 0 Å². The molecule has 2 aromatic rings. The Morgan fingerprint density at radius 3 is 2.72 bits per heavy atom. The highest BCUT2D eigenvalue weighted by molar-refractivity contribution is 7.17. The van der Waals surface area contributed by atoms with Gasteiger partial charge in [0.1, 0.15) is 0 Å². The zero-order chi connectivity index (χ0) is 13.2. The van der Waals surface area contributed by atoms with Gasteiger partial charge in [-0.3, -0.25) is 0 Å². The Morgan fingerprint density at radius 1 is 1.28 bits per heavy atom. The fraction of sp³-hybridized carbons (Fsp3) is 0.467. The van der Waals surface area contributed by atoms with Crippen LogP contribution in [0.15, 0.2) is 29.6 Å². The molecule has 1 heterocycles. The molecule has 0 aliphatic rings. The summed E-state index contributed by atoms with van der Waals surface area (Å²) in [5, 5.41) is 3.66. The van der Waals surface area contributed by atoms with E-state index in [1.165, 1.54) is 15.6 Å². The van der Waals surface area contributed by atoms with E-state index in [1.807, 2.05) is 11.3 Å². The second-order valence-corrected chi connectivity index (χ2v) is 6.64. The van der Waals surface area contributed by atoms with Gasteiger partial charge < -0.3 is 10.6 Å². The van der Waals surface area contributed by atoms with E-state index in [2.05, 4.69) is 55.4 Å². The smallest absolute Gasteiger partial charge is 0.0346 e. The molecule has 0 fully saturated rings. The molecular formula is C15H22N2S. The summed E-state index contributed by atoms with van der Waals surface area (Å²) < 4.78 is 1.38. The van der Waals surface area contributed by atoms with Gasteiger partial charge in [0.25, 0.3) is 0 Å². The third kappa shape index (κ3) is 3.55. The lowest BCUT2D eigenvalue weighted by molar-refractivity contribution is 0.290. The van der Waals surface area contributed by atoms with E-state index < -0.39 is 0 Å². The molecule has 0 spiro atoms. The lowest BCUT2D eigenvalue weighted by atomic mass is 10.0. The molecule has 0 atom stereocenters. The quantitative estimate of drug-likeness (QED) is 0.894. The summed E-state index contributed by atoms with van der Waals surface area (Å²) in [5.74, 6) is 0. The van der Waals surface area contributed by atoms with Crippen molar-refractivity contribution in [3.63, 3.8) is 0 Å². The van der Waals surface area contributed by atoms with Crippen LogP contribution in [0.25, 0.3) is 10.1 Å². The van der Waals surface area contributed by atoms with Gasteiger partial charge in [-0.1, -0.05) is 18.2 Å². The van der Waals surface area contributed by atoms with Crippen LogP contribution in [0.3, 0.4) is 0 Å². The fourth-order valence-corrected chi connectivity index (χ4v) is 2.96. The fourth-order valence-electron chi connectivity index (χ4n) is 2.00. The zero-order valence-corrected chi connectivity index (χ0v) is 12.3. The molecule has 0 aliphatic heterocycles. The van der Waals surface area contributed by atoms with Crippen LogP contribution in [-0.4, -0.2) is 24.0 Å². The Balaban J connectivity index is 2.01. The van der Waals surface area contributed by atoms with Crippen LogP contribution in [0, 0.1) is 0 Å². The minimum Gasteiger partial charge on any atom is -0.326 e. The Bertz CT molecular complexity index is 510. The molecule has 2 nitrogen and oxygen atoms in total. The standard InChI is InChI=1S/C15H22N2S/c1-15(2,16)8-9-17(3)10-12-11-18-14-7-5-4-6-13(12)14/h4-7,11H,8-10,16H2,1-3H3. The van der Waals surface area contributed by atoms with Crippen molar-refractivity contribution in [2.24, 2.45) is 5.73 Å². The molecule has 2 N–H and O–H groups in total. The number of rotatable bonds is 5. The van der Waals surface area contributed by atoms with Gasteiger partial charge in [-0.25, -0.2) is 0 Å². The molecule has 2 rings (SSSR count). The van der Waals surface area contributed by atoms with Crippen LogP contribution < -0.4 is 5.73 Å². The van der Waals surface area contributed by atoms with Gasteiger partial charge in [0, 0.05) is 16.8 Å². The first kappa shape index (κ1) is 13.5. The Morgan fingerprint density at radius 2 is 2.00 bits per heavy atom. The molecule has 0 radical (unpaired) electrons. The van der Waals surface area contributed by atoms with E-state index in [0.717, 1.165) is 19.5 Å². The van der Waals surface area contributed by atoms with E-state index in [1.54, 1.807) is 0 Å². The highest BCUT2D eigenvalue weighted by Crippen LogP contribution is 2.26. The average molecular weight is 262 g/mol. The van der Waals surface area contributed by atoms with Gasteiger partial charge in [-0.15, -0.1) is 11.3 Å². The molecule has 0 saturated heterocycles. The maximum atomic E-state index is 6.02. The SMILES string of the molecule is CN(CCC(C)(C)N)Cc1csc2ccccc12. The summed E-state index contributed by atoms with van der Waals surface area (Å²) in [6, 6.07) is 8.61. The number of hydrogen-bond acceptors (Lipinski definition) is 3. The summed E-state index contributed by atoms with van der Waals surface area (Å²) >= 11 is 1.83. The van der Waals surface area contributed by atoms with Gasteiger partial charge >= 0.3 is 0 Å². The van der Waals surface area contributed by atoms with Gasteiger partial charge in [0.2, 0.25) is 0 Å². The molecule has 0 amide bonds. The summed E-state index contributed by atoms with van der Waals surface area (Å²) in [6.45, 7) is 6.20. The van der Waals surface area contributed by atoms with Crippen molar-refractivity contribution >= 4 is 21.4 Å². The molecule has 0 aliphatic carbocycles. The summed E-state index contributed by atoms with van der Waals surface area (Å²) in [4.78, 5) is 2.35. The molecule has 0 saturated carbocycles. The maximum absolute atomic E-state index is 6.02. The largest absolute Gasteiger partial charge is 0.326 e. The minimum absolute atomic E-state index is 0.0784. The van der Waals surface area contributed by atoms with E-state index in [-0.39, 0.29) is 5.54 Å². The number of fused-ring (bicyclic) bond motifs is 1. The number of hydrogen-bond donors (Lipinski definition) is 1. The minimum atomic E-state index is -0.0784. The molecule has 1 aromatic carbocycles.